The monoisotopic (exact) mass is 325 g/mol. The third kappa shape index (κ3) is 3.32. The Morgan fingerprint density at radius 1 is 1.25 bits per heavy atom. The summed E-state index contributed by atoms with van der Waals surface area (Å²) in [5.41, 5.74) is 3.24. The Hall–Kier alpha value is -3.02. The molecular weight excluding hydrogens is 306 g/mol. The van der Waals surface area contributed by atoms with Gasteiger partial charge in [-0.3, -0.25) is 10.1 Å². The first kappa shape index (κ1) is 15.9. The maximum atomic E-state index is 10.9. The number of fused-ring (bicyclic) bond motifs is 1. The molecule has 0 amide bonds. The van der Waals surface area contributed by atoms with E-state index in [1.165, 1.54) is 24.1 Å². The lowest BCUT2D eigenvalue weighted by molar-refractivity contribution is -0.385. The van der Waals surface area contributed by atoms with Gasteiger partial charge in [-0.05, 0) is 30.5 Å². The zero-order chi connectivity index (χ0) is 16.9. The highest BCUT2D eigenvalue weighted by Crippen LogP contribution is 2.29. The number of benzene rings is 2. The van der Waals surface area contributed by atoms with Crippen LogP contribution in [-0.2, 0) is 6.42 Å². The Labute approximate surface area is 139 Å². The molecule has 0 saturated carbocycles. The number of aromatic amines is 1. The van der Waals surface area contributed by atoms with Crippen LogP contribution in [0, 0.1) is 10.1 Å². The van der Waals surface area contributed by atoms with Crippen LogP contribution in [0.25, 0.3) is 10.9 Å². The van der Waals surface area contributed by atoms with Crippen molar-refractivity contribution in [2.24, 2.45) is 0 Å². The predicted molar refractivity (Wildman–Crippen MR) is 94.8 cm³/mol. The van der Waals surface area contributed by atoms with E-state index in [0.29, 0.717) is 0 Å². The number of hydrogen-bond acceptors (Lipinski definition) is 4. The molecule has 0 fully saturated rings. The van der Waals surface area contributed by atoms with Crippen LogP contribution in [0.15, 0.2) is 48.7 Å². The Kier molecular flexibility index (Phi) is 4.65. The van der Waals surface area contributed by atoms with Gasteiger partial charge in [-0.2, -0.15) is 0 Å². The number of methoxy groups -OCH3 is 1. The summed E-state index contributed by atoms with van der Waals surface area (Å²) in [4.78, 5) is 13.7. The summed E-state index contributed by atoms with van der Waals surface area (Å²) >= 11 is 0. The van der Waals surface area contributed by atoms with Gasteiger partial charge in [0.25, 0.3) is 0 Å². The number of anilines is 1. The molecule has 6 heteroatoms. The Bertz CT molecular complexity index is 858. The van der Waals surface area contributed by atoms with Crippen LogP contribution in [0.1, 0.15) is 12.0 Å². The number of ether oxygens (including phenoxy) is 1. The number of hydrogen-bond donors (Lipinski definition) is 2. The topological polar surface area (TPSA) is 80.2 Å². The van der Waals surface area contributed by atoms with Gasteiger partial charge in [0.15, 0.2) is 5.75 Å². The molecule has 0 aliphatic heterocycles. The van der Waals surface area contributed by atoms with Gasteiger partial charge in [-0.1, -0.05) is 18.2 Å². The Morgan fingerprint density at radius 2 is 2.08 bits per heavy atom. The van der Waals surface area contributed by atoms with Gasteiger partial charge < -0.3 is 15.0 Å². The van der Waals surface area contributed by atoms with Crippen molar-refractivity contribution in [1.29, 1.82) is 0 Å². The van der Waals surface area contributed by atoms with E-state index in [-0.39, 0.29) is 11.4 Å². The van der Waals surface area contributed by atoms with Gasteiger partial charge in [-0.15, -0.1) is 0 Å². The molecule has 0 spiro atoms. The molecule has 3 rings (SSSR count). The Balaban J connectivity index is 1.58. The average Bonchev–Trinajstić information content (AvgIpc) is 3.01. The lowest BCUT2D eigenvalue weighted by Gasteiger charge is -2.08. The molecule has 3 aromatic rings. The predicted octanol–water partition coefficient (Wildman–Crippen LogP) is 4.13. The lowest BCUT2D eigenvalue weighted by atomic mass is 10.1. The number of para-hydroxylation sites is 1. The van der Waals surface area contributed by atoms with Crippen LogP contribution < -0.4 is 10.1 Å². The van der Waals surface area contributed by atoms with Crippen molar-refractivity contribution < 1.29 is 9.66 Å². The van der Waals surface area contributed by atoms with E-state index in [2.05, 4.69) is 28.6 Å². The largest absolute Gasteiger partial charge is 0.490 e. The van der Waals surface area contributed by atoms with Crippen LogP contribution >= 0.6 is 0 Å². The second kappa shape index (κ2) is 7.04. The second-order valence-electron chi connectivity index (χ2n) is 5.53. The zero-order valence-corrected chi connectivity index (χ0v) is 13.4. The molecule has 0 bridgehead atoms. The first-order chi connectivity index (χ1) is 11.7. The molecular formula is C18H19N3O3. The smallest absolute Gasteiger partial charge is 0.311 e. The molecule has 2 N–H and O–H groups in total. The molecule has 0 radical (unpaired) electrons. The number of nitro benzene ring substituents is 1. The maximum Gasteiger partial charge on any atom is 0.311 e. The second-order valence-corrected chi connectivity index (χ2v) is 5.53. The fourth-order valence-corrected chi connectivity index (χ4v) is 2.79. The summed E-state index contributed by atoms with van der Waals surface area (Å²) in [6, 6.07) is 13.1. The molecule has 0 saturated heterocycles. The van der Waals surface area contributed by atoms with Crippen LogP contribution in [0.2, 0.25) is 0 Å². The normalized spacial score (nSPS) is 10.7. The van der Waals surface area contributed by atoms with Crippen LogP contribution in [-0.4, -0.2) is 23.6 Å². The van der Waals surface area contributed by atoms with E-state index in [1.54, 1.807) is 12.1 Å². The fourth-order valence-electron chi connectivity index (χ4n) is 2.79. The summed E-state index contributed by atoms with van der Waals surface area (Å²) in [7, 11) is 1.43. The van der Waals surface area contributed by atoms with Gasteiger partial charge in [0, 0.05) is 41.5 Å². The highest BCUT2D eigenvalue weighted by Gasteiger charge is 2.14. The highest BCUT2D eigenvalue weighted by atomic mass is 16.6. The number of H-pyrrole nitrogens is 1. The minimum absolute atomic E-state index is 0.0261. The van der Waals surface area contributed by atoms with E-state index in [0.717, 1.165) is 30.6 Å². The van der Waals surface area contributed by atoms with E-state index < -0.39 is 4.92 Å². The number of nitrogens with zero attached hydrogens (tertiary/aromatic N) is 1. The summed E-state index contributed by atoms with van der Waals surface area (Å²) in [5.74, 6) is 0.265. The minimum atomic E-state index is -0.445. The van der Waals surface area contributed by atoms with Crippen molar-refractivity contribution in [2.45, 2.75) is 12.8 Å². The van der Waals surface area contributed by atoms with Crippen molar-refractivity contribution in [3.8, 4) is 5.75 Å². The lowest BCUT2D eigenvalue weighted by Crippen LogP contribution is -2.03. The average molecular weight is 325 g/mol. The maximum absolute atomic E-state index is 10.9. The SMILES string of the molecule is COc1cc(NCCCc2c[nH]c3ccccc23)ccc1[N+](=O)[O-]. The van der Waals surface area contributed by atoms with E-state index in [1.807, 2.05) is 12.1 Å². The fraction of sp³-hybridized carbons (Fsp3) is 0.222. The first-order valence-corrected chi connectivity index (χ1v) is 7.80. The molecule has 1 aromatic heterocycles. The quantitative estimate of drug-likeness (QED) is 0.389. The molecule has 6 nitrogen and oxygen atoms in total. The van der Waals surface area contributed by atoms with Gasteiger partial charge in [-0.25, -0.2) is 0 Å². The van der Waals surface area contributed by atoms with E-state index in [9.17, 15) is 10.1 Å². The number of aryl methyl sites for hydroxylation is 1. The standard InChI is InChI=1S/C18H19N3O3/c1-24-18-11-14(8-9-17(18)21(22)23)19-10-4-5-13-12-20-16-7-3-2-6-15(13)16/h2-3,6-9,11-12,19-20H,4-5,10H2,1H3. The molecule has 1 heterocycles. The molecule has 24 heavy (non-hydrogen) atoms. The molecule has 2 aromatic carbocycles. The van der Waals surface area contributed by atoms with Crippen molar-refractivity contribution in [2.75, 3.05) is 19.0 Å². The van der Waals surface area contributed by atoms with Gasteiger partial charge >= 0.3 is 5.69 Å². The number of aromatic nitrogens is 1. The van der Waals surface area contributed by atoms with Gasteiger partial charge in [0.05, 0.1) is 12.0 Å². The first-order valence-electron chi connectivity index (χ1n) is 7.80. The number of nitro groups is 1. The van der Waals surface area contributed by atoms with Crippen LogP contribution in [0.4, 0.5) is 11.4 Å². The van der Waals surface area contributed by atoms with Crippen LogP contribution in [0.3, 0.4) is 0 Å². The third-order valence-corrected chi connectivity index (χ3v) is 4.00. The molecule has 0 aliphatic rings. The zero-order valence-electron chi connectivity index (χ0n) is 13.4. The summed E-state index contributed by atoms with van der Waals surface area (Å²) in [6.45, 7) is 0.778. The summed E-state index contributed by atoms with van der Waals surface area (Å²) in [5, 5.41) is 15.4. The number of rotatable bonds is 7. The third-order valence-electron chi connectivity index (χ3n) is 4.00. The van der Waals surface area contributed by atoms with E-state index in [4.69, 9.17) is 4.74 Å². The van der Waals surface area contributed by atoms with Crippen LogP contribution in [0.5, 0.6) is 5.75 Å². The van der Waals surface area contributed by atoms with Crippen molar-refractivity contribution in [1.82, 2.24) is 4.98 Å². The molecule has 0 unspecified atom stereocenters. The Morgan fingerprint density at radius 3 is 2.88 bits per heavy atom. The van der Waals surface area contributed by atoms with Gasteiger partial charge in [0.1, 0.15) is 0 Å². The highest BCUT2D eigenvalue weighted by molar-refractivity contribution is 5.83. The molecule has 124 valence electrons. The van der Waals surface area contributed by atoms with E-state index >= 15 is 0 Å². The summed E-state index contributed by atoms with van der Waals surface area (Å²) in [6.07, 6.45) is 3.97. The number of nitrogens with one attached hydrogen (secondary N) is 2. The van der Waals surface area contributed by atoms with Crippen molar-refractivity contribution >= 4 is 22.3 Å². The summed E-state index contributed by atoms with van der Waals surface area (Å²) < 4.78 is 5.07. The minimum Gasteiger partial charge on any atom is -0.490 e. The van der Waals surface area contributed by atoms with Gasteiger partial charge in [0.2, 0.25) is 0 Å². The van der Waals surface area contributed by atoms with Crippen molar-refractivity contribution in [3.63, 3.8) is 0 Å². The molecule has 0 atom stereocenters. The van der Waals surface area contributed by atoms with Crippen molar-refractivity contribution in [3.05, 3.63) is 64.3 Å². The molecule has 0 aliphatic carbocycles.